The molecule has 2 aromatic heterocycles. The average Bonchev–Trinajstić information content (AvgIpc) is 3.17. The molecular formula is C20H24N6O2. The number of benzene rings is 1. The summed E-state index contributed by atoms with van der Waals surface area (Å²) < 4.78 is 5.62. The smallest absolute Gasteiger partial charge is 0.287 e. The van der Waals surface area contributed by atoms with Gasteiger partial charge >= 0.3 is 0 Å². The summed E-state index contributed by atoms with van der Waals surface area (Å²) in [5.74, 6) is 1.78. The molecule has 146 valence electrons. The predicted molar refractivity (Wildman–Crippen MR) is 108 cm³/mol. The summed E-state index contributed by atoms with van der Waals surface area (Å²) in [5.41, 5.74) is 0.690. The maximum atomic E-state index is 12.5. The first kappa shape index (κ1) is 18.2. The van der Waals surface area contributed by atoms with Gasteiger partial charge in [0.05, 0.1) is 6.54 Å². The van der Waals surface area contributed by atoms with Crippen LogP contribution in [0.2, 0.25) is 0 Å². The summed E-state index contributed by atoms with van der Waals surface area (Å²) in [5, 5.41) is 3.75. The van der Waals surface area contributed by atoms with Gasteiger partial charge in [0.25, 0.3) is 5.91 Å². The van der Waals surface area contributed by atoms with E-state index in [1.807, 2.05) is 43.3 Å². The molecule has 8 heteroatoms. The zero-order valence-electron chi connectivity index (χ0n) is 16.2. The first-order valence-corrected chi connectivity index (χ1v) is 9.54. The summed E-state index contributed by atoms with van der Waals surface area (Å²) in [4.78, 5) is 30.1. The van der Waals surface area contributed by atoms with Crippen molar-refractivity contribution in [3.63, 3.8) is 0 Å². The third kappa shape index (κ3) is 3.90. The second kappa shape index (κ2) is 7.84. The van der Waals surface area contributed by atoms with Gasteiger partial charge in [-0.2, -0.15) is 15.0 Å². The van der Waals surface area contributed by atoms with Gasteiger partial charge in [0.2, 0.25) is 11.9 Å². The van der Waals surface area contributed by atoms with Crippen molar-refractivity contribution in [2.75, 3.05) is 37.0 Å². The molecule has 1 N–H and O–H groups in total. The van der Waals surface area contributed by atoms with Crippen LogP contribution in [0.3, 0.4) is 0 Å². The Balaban J connectivity index is 1.51. The third-order valence-corrected chi connectivity index (χ3v) is 4.75. The van der Waals surface area contributed by atoms with E-state index in [9.17, 15) is 4.79 Å². The lowest BCUT2D eigenvalue weighted by Gasteiger charge is -2.27. The summed E-state index contributed by atoms with van der Waals surface area (Å²) in [6, 6.07) is 9.28. The first-order valence-electron chi connectivity index (χ1n) is 9.54. The summed E-state index contributed by atoms with van der Waals surface area (Å²) >= 11 is 0. The van der Waals surface area contributed by atoms with E-state index in [1.165, 1.54) is 6.42 Å². The van der Waals surface area contributed by atoms with E-state index in [4.69, 9.17) is 4.42 Å². The minimum atomic E-state index is -0.289. The Kier molecular flexibility index (Phi) is 5.10. The van der Waals surface area contributed by atoms with E-state index in [0.29, 0.717) is 23.3 Å². The quantitative estimate of drug-likeness (QED) is 0.728. The molecule has 3 aromatic rings. The minimum absolute atomic E-state index is 0.208. The molecule has 1 saturated heterocycles. The van der Waals surface area contributed by atoms with E-state index >= 15 is 0 Å². The number of para-hydroxylation sites is 1. The van der Waals surface area contributed by atoms with Crippen LogP contribution >= 0.6 is 0 Å². The van der Waals surface area contributed by atoms with E-state index in [-0.39, 0.29) is 18.2 Å². The fourth-order valence-electron chi connectivity index (χ4n) is 3.25. The topological polar surface area (TPSA) is 87.4 Å². The number of aromatic nitrogens is 3. The van der Waals surface area contributed by atoms with Crippen LogP contribution in [-0.4, -0.2) is 48.0 Å². The van der Waals surface area contributed by atoms with Crippen LogP contribution in [0.4, 0.5) is 11.9 Å². The van der Waals surface area contributed by atoms with Crippen molar-refractivity contribution in [1.82, 2.24) is 20.3 Å². The number of rotatable bonds is 5. The number of fused-ring (bicyclic) bond motifs is 1. The zero-order chi connectivity index (χ0) is 19.5. The van der Waals surface area contributed by atoms with Gasteiger partial charge in [0.1, 0.15) is 5.58 Å². The number of hydrogen-bond donors (Lipinski definition) is 1. The summed E-state index contributed by atoms with van der Waals surface area (Å²) in [6.45, 7) is 2.10. The second-order valence-corrected chi connectivity index (χ2v) is 7.12. The van der Waals surface area contributed by atoms with Crippen LogP contribution in [-0.2, 0) is 6.54 Å². The van der Waals surface area contributed by atoms with E-state index in [2.05, 4.69) is 25.2 Å². The van der Waals surface area contributed by atoms with Crippen molar-refractivity contribution in [1.29, 1.82) is 0 Å². The molecule has 0 saturated carbocycles. The first-order chi connectivity index (χ1) is 13.6. The highest BCUT2D eigenvalue weighted by Crippen LogP contribution is 2.20. The summed E-state index contributed by atoms with van der Waals surface area (Å²) in [7, 11) is 3.79. The maximum Gasteiger partial charge on any atom is 0.287 e. The minimum Gasteiger partial charge on any atom is -0.451 e. The van der Waals surface area contributed by atoms with Crippen molar-refractivity contribution >= 4 is 28.8 Å². The number of hydrogen-bond acceptors (Lipinski definition) is 7. The molecule has 3 heterocycles. The third-order valence-electron chi connectivity index (χ3n) is 4.75. The Bertz CT molecular complexity index is 945. The lowest BCUT2D eigenvalue weighted by molar-refractivity contribution is 0.0924. The largest absolute Gasteiger partial charge is 0.451 e. The Labute approximate surface area is 163 Å². The lowest BCUT2D eigenvalue weighted by atomic mass is 10.1. The second-order valence-electron chi connectivity index (χ2n) is 7.12. The SMILES string of the molecule is CN(C)c1nc(CNC(=O)c2cc3ccccc3o2)nc(N2CCCCC2)n1. The molecule has 1 fully saturated rings. The number of nitrogens with one attached hydrogen (secondary N) is 1. The molecule has 1 aromatic carbocycles. The normalized spacial score (nSPS) is 14.3. The standard InChI is InChI=1S/C20H24N6O2/c1-25(2)19-22-17(23-20(24-19)26-10-6-3-7-11-26)13-21-18(27)16-12-14-8-4-5-9-15(14)28-16/h4-5,8-9,12H,3,6-7,10-11,13H2,1-2H3,(H,21,27). The molecule has 4 rings (SSSR count). The number of furan rings is 1. The average molecular weight is 380 g/mol. The van der Waals surface area contributed by atoms with Crippen LogP contribution < -0.4 is 15.1 Å². The van der Waals surface area contributed by atoms with Gasteiger partial charge in [-0.15, -0.1) is 0 Å². The molecule has 1 aliphatic rings. The van der Waals surface area contributed by atoms with Gasteiger partial charge in [-0.05, 0) is 31.4 Å². The molecule has 0 spiro atoms. The van der Waals surface area contributed by atoms with E-state index < -0.39 is 0 Å². The molecule has 1 aliphatic heterocycles. The highest BCUT2D eigenvalue weighted by atomic mass is 16.3. The Morgan fingerprint density at radius 2 is 1.93 bits per heavy atom. The Morgan fingerprint density at radius 3 is 2.68 bits per heavy atom. The molecule has 0 aliphatic carbocycles. The number of amides is 1. The van der Waals surface area contributed by atoms with Crippen molar-refractivity contribution < 1.29 is 9.21 Å². The van der Waals surface area contributed by atoms with Crippen LogP contribution in [0.25, 0.3) is 11.0 Å². The highest BCUT2D eigenvalue weighted by Gasteiger charge is 2.18. The zero-order valence-corrected chi connectivity index (χ0v) is 16.2. The number of carbonyl (C=O) groups is 1. The van der Waals surface area contributed by atoms with Gasteiger partial charge in [-0.1, -0.05) is 18.2 Å². The number of carbonyl (C=O) groups excluding carboxylic acids is 1. The van der Waals surface area contributed by atoms with E-state index in [1.54, 1.807) is 6.07 Å². The molecule has 0 unspecified atom stereocenters. The van der Waals surface area contributed by atoms with Gasteiger partial charge < -0.3 is 19.5 Å². The van der Waals surface area contributed by atoms with Crippen molar-refractivity contribution in [3.8, 4) is 0 Å². The maximum absolute atomic E-state index is 12.5. The van der Waals surface area contributed by atoms with Gasteiger partial charge in [-0.25, -0.2) is 0 Å². The van der Waals surface area contributed by atoms with Crippen LogP contribution in [0.1, 0.15) is 35.6 Å². The van der Waals surface area contributed by atoms with Crippen molar-refractivity contribution in [3.05, 3.63) is 41.9 Å². The Hall–Kier alpha value is -3.16. The summed E-state index contributed by atoms with van der Waals surface area (Å²) in [6.07, 6.45) is 3.52. The molecule has 28 heavy (non-hydrogen) atoms. The molecular weight excluding hydrogens is 356 g/mol. The number of piperidine rings is 1. The van der Waals surface area contributed by atoms with Gasteiger partial charge in [-0.3, -0.25) is 4.79 Å². The molecule has 1 amide bonds. The monoisotopic (exact) mass is 380 g/mol. The van der Waals surface area contributed by atoms with E-state index in [0.717, 1.165) is 31.3 Å². The Morgan fingerprint density at radius 1 is 1.14 bits per heavy atom. The van der Waals surface area contributed by atoms with Gasteiger partial charge in [0.15, 0.2) is 11.6 Å². The number of anilines is 2. The fraction of sp³-hybridized carbons (Fsp3) is 0.400. The fourth-order valence-corrected chi connectivity index (χ4v) is 3.25. The lowest BCUT2D eigenvalue weighted by Crippen LogP contribution is -2.32. The van der Waals surface area contributed by atoms with Crippen LogP contribution in [0, 0.1) is 0 Å². The highest BCUT2D eigenvalue weighted by molar-refractivity contribution is 5.95. The van der Waals surface area contributed by atoms with Gasteiger partial charge in [0, 0.05) is 32.6 Å². The van der Waals surface area contributed by atoms with Crippen molar-refractivity contribution in [2.45, 2.75) is 25.8 Å². The number of nitrogens with zero attached hydrogens (tertiary/aromatic N) is 5. The predicted octanol–water partition coefficient (Wildman–Crippen LogP) is 2.60. The molecule has 8 nitrogen and oxygen atoms in total. The molecule has 0 atom stereocenters. The molecule has 0 bridgehead atoms. The van der Waals surface area contributed by atoms with Crippen LogP contribution in [0.15, 0.2) is 34.7 Å². The van der Waals surface area contributed by atoms with Crippen LogP contribution in [0.5, 0.6) is 0 Å². The molecule has 0 radical (unpaired) electrons. The van der Waals surface area contributed by atoms with Crippen molar-refractivity contribution in [2.24, 2.45) is 0 Å².